The zero-order chi connectivity index (χ0) is 20.7. The average Bonchev–Trinajstić information content (AvgIpc) is 3.08. The number of carbonyl (C=O) groups is 1. The quantitative estimate of drug-likeness (QED) is 0.694. The van der Waals surface area contributed by atoms with Crippen LogP contribution in [0.1, 0.15) is 66.2 Å². The van der Waals surface area contributed by atoms with Crippen LogP contribution in [0.25, 0.3) is 0 Å². The Morgan fingerprint density at radius 3 is 2.83 bits per heavy atom. The monoisotopic (exact) mass is 399 g/mol. The van der Waals surface area contributed by atoms with E-state index in [2.05, 4.69) is 36.5 Å². The number of nitrogens with one attached hydrogen (secondary N) is 1. The summed E-state index contributed by atoms with van der Waals surface area (Å²) in [6.45, 7) is 7.85. The maximum absolute atomic E-state index is 12.3. The fourth-order valence-electron chi connectivity index (χ4n) is 6.60. The van der Waals surface area contributed by atoms with Crippen LogP contribution >= 0.6 is 0 Å². The standard InChI is InChI=1S/C24H33NO4/c1-21(2,3)28-20(27)25-17-6-5-15-13-16-9-10-22(4)18(7-8-19(22)26)24(16)12-11-23(15,14-17)29-24/h5-6,9,13,17-19,26H,7-8,10-12,14H2,1-4H3,(H,25,27)/t17-,18-,19+,22+,23-,24-/m1/s1. The van der Waals surface area contributed by atoms with Crippen molar-refractivity contribution in [3.63, 3.8) is 0 Å². The van der Waals surface area contributed by atoms with E-state index in [9.17, 15) is 9.90 Å². The van der Waals surface area contributed by atoms with Crippen LogP contribution in [0.4, 0.5) is 4.79 Å². The van der Waals surface area contributed by atoms with Gasteiger partial charge >= 0.3 is 6.09 Å². The van der Waals surface area contributed by atoms with Crippen LogP contribution in [0.15, 0.2) is 35.5 Å². The lowest BCUT2D eigenvalue weighted by molar-refractivity contribution is -0.138. The topological polar surface area (TPSA) is 67.8 Å². The van der Waals surface area contributed by atoms with Gasteiger partial charge in [0.15, 0.2) is 0 Å². The Bertz CT molecular complexity index is 836. The van der Waals surface area contributed by atoms with Crippen LogP contribution in [0.5, 0.6) is 0 Å². The number of allylic oxidation sites excluding steroid dienone is 1. The summed E-state index contributed by atoms with van der Waals surface area (Å²) >= 11 is 0. The highest BCUT2D eigenvalue weighted by molar-refractivity contribution is 5.68. The Labute approximate surface area is 173 Å². The van der Waals surface area contributed by atoms with Crippen LogP contribution in [0, 0.1) is 11.3 Å². The maximum Gasteiger partial charge on any atom is 0.408 e. The molecule has 1 saturated carbocycles. The summed E-state index contributed by atoms with van der Waals surface area (Å²) in [5, 5.41) is 13.7. The van der Waals surface area contributed by atoms with Gasteiger partial charge in [0.05, 0.1) is 23.3 Å². The van der Waals surface area contributed by atoms with Gasteiger partial charge in [-0.2, -0.15) is 0 Å². The van der Waals surface area contributed by atoms with Crippen molar-refractivity contribution in [2.45, 2.75) is 95.2 Å². The molecule has 1 saturated heterocycles. The third-order valence-electron chi connectivity index (χ3n) is 7.97. The number of hydrogen-bond acceptors (Lipinski definition) is 4. The van der Waals surface area contributed by atoms with E-state index in [1.54, 1.807) is 0 Å². The van der Waals surface area contributed by atoms with E-state index >= 15 is 0 Å². The molecule has 2 spiro atoms. The molecule has 2 N–H and O–H groups in total. The Morgan fingerprint density at radius 2 is 2.07 bits per heavy atom. The molecule has 6 atom stereocenters. The highest BCUT2D eigenvalue weighted by Crippen LogP contribution is 2.65. The van der Waals surface area contributed by atoms with Crippen molar-refractivity contribution >= 4 is 6.09 Å². The zero-order valence-electron chi connectivity index (χ0n) is 18.0. The second kappa shape index (κ2) is 5.98. The van der Waals surface area contributed by atoms with Gasteiger partial charge in [0.1, 0.15) is 5.60 Å². The van der Waals surface area contributed by atoms with Gasteiger partial charge in [-0.1, -0.05) is 31.2 Å². The lowest BCUT2D eigenvalue weighted by atomic mass is 9.60. The highest BCUT2D eigenvalue weighted by atomic mass is 16.6. The van der Waals surface area contributed by atoms with E-state index in [0.717, 1.165) is 38.5 Å². The van der Waals surface area contributed by atoms with Crippen LogP contribution in [0.3, 0.4) is 0 Å². The molecule has 0 aromatic heterocycles. The number of carbonyl (C=O) groups excluding carboxylic acids is 1. The Hall–Kier alpha value is -1.59. The van der Waals surface area contributed by atoms with Crippen molar-refractivity contribution in [3.8, 4) is 0 Å². The average molecular weight is 400 g/mol. The number of ether oxygens (including phenoxy) is 2. The molecule has 5 nitrogen and oxygen atoms in total. The zero-order valence-corrected chi connectivity index (χ0v) is 18.0. The minimum atomic E-state index is -0.514. The number of aliphatic hydroxyl groups excluding tert-OH is 1. The number of aliphatic hydroxyl groups is 1. The largest absolute Gasteiger partial charge is 0.444 e. The molecule has 0 aromatic rings. The molecule has 5 rings (SSSR count). The van der Waals surface area contributed by atoms with Crippen LogP contribution in [-0.4, -0.2) is 40.1 Å². The van der Waals surface area contributed by atoms with Gasteiger partial charge in [0.25, 0.3) is 0 Å². The molecule has 3 aliphatic carbocycles. The lowest BCUT2D eigenvalue weighted by Crippen LogP contribution is -2.55. The Kier molecular flexibility index (Phi) is 3.99. The predicted octanol–water partition coefficient (Wildman–Crippen LogP) is 4.17. The third kappa shape index (κ3) is 2.77. The number of rotatable bonds is 1. The van der Waals surface area contributed by atoms with Gasteiger partial charge < -0.3 is 19.9 Å². The van der Waals surface area contributed by atoms with Crippen LogP contribution in [-0.2, 0) is 9.47 Å². The summed E-state index contributed by atoms with van der Waals surface area (Å²) in [4.78, 5) is 12.3. The van der Waals surface area contributed by atoms with E-state index in [4.69, 9.17) is 9.47 Å². The van der Waals surface area contributed by atoms with Gasteiger partial charge in [-0.15, -0.1) is 0 Å². The first-order chi connectivity index (χ1) is 13.6. The van der Waals surface area contributed by atoms with E-state index in [1.807, 2.05) is 20.8 Å². The molecular formula is C24H33NO4. The van der Waals surface area contributed by atoms with Crippen molar-refractivity contribution < 1.29 is 19.4 Å². The van der Waals surface area contributed by atoms with Gasteiger partial charge in [0, 0.05) is 17.8 Å². The van der Waals surface area contributed by atoms with Crippen LogP contribution in [0.2, 0.25) is 0 Å². The van der Waals surface area contributed by atoms with Crippen LogP contribution < -0.4 is 5.32 Å². The first kappa shape index (κ1) is 19.4. The normalized spacial score (nSPS) is 44.9. The smallest absolute Gasteiger partial charge is 0.408 e. The minimum absolute atomic E-state index is 0.0982. The summed E-state index contributed by atoms with van der Waals surface area (Å²) in [5.74, 6) is 0.352. The number of amides is 1. The molecule has 0 unspecified atom stereocenters. The summed E-state index contributed by atoms with van der Waals surface area (Å²) in [6, 6.07) is -0.105. The number of hydrogen-bond donors (Lipinski definition) is 2. The SMILES string of the molecule is CC(C)(C)OC(=O)N[C@@H]1C=CC2=CC3=CC[C@@]4(C)[C@@H](CC[C@@H]4O)[C@@]34CC[C@]2(C1)O4. The second-order valence-electron chi connectivity index (χ2n) is 10.9. The highest BCUT2D eigenvalue weighted by Gasteiger charge is 2.66. The Balaban J connectivity index is 1.43. The van der Waals surface area contributed by atoms with Crippen molar-refractivity contribution in [3.05, 3.63) is 35.5 Å². The molecule has 5 heteroatoms. The van der Waals surface area contributed by atoms with Gasteiger partial charge in [0.2, 0.25) is 0 Å². The summed E-state index contributed by atoms with van der Waals surface area (Å²) in [7, 11) is 0. The predicted molar refractivity (Wildman–Crippen MR) is 110 cm³/mol. The molecule has 2 fully saturated rings. The first-order valence-electron chi connectivity index (χ1n) is 11.1. The third-order valence-corrected chi connectivity index (χ3v) is 7.97. The van der Waals surface area contributed by atoms with E-state index in [-0.39, 0.29) is 34.9 Å². The number of fused-ring (bicyclic) bond motifs is 1. The molecule has 1 amide bonds. The molecular weight excluding hydrogens is 366 g/mol. The summed E-state index contributed by atoms with van der Waals surface area (Å²) in [6.07, 6.45) is 13.7. The number of alkyl carbamates (subject to hydrolysis) is 1. The van der Waals surface area contributed by atoms with E-state index in [1.165, 1.54) is 11.1 Å². The molecule has 5 aliphatic rings. The van der Waals surface area contributed by atoms with Gasteiger partial charge in [-0.3, -0.25) is 0 Å². The lowest BCUT2D eigenvalue weighted by Gasteiger charge is -2.53. The Morgan fingerprint density at radius 1 is 1.28 bits per heavy atom. The minimum Gasteiger partial charge on any atom is -0.444 e. The molecule has 29 heavy (non-hydrogen) atoms. The van der Waals surface area contributed by atoms with E-state index in [0.29, 0.717) is 5.92 Å². The van der Waals surface area contributed by atoms with Gasteiger partial charge in [-0.25, -0.2) is 4.79 Å². The molecule has 2 aliphatic heterocycles. The summed E-state index contributed by atoms with van der Waals surface area (Å²) < 4.78 is 12.5. The fraction of sp³-hybridized carbons (Fsp3) is 0.708. The van der Waals surface area contributed by atoms with E-state index < -0.39 is 5.60 Å². The fourth-order valence-corrected chi connectivity index (χ4v) is 6.60. The molecule has 2 heterocycles. The van der Waals surface area contributed by atoms with Gasteiger partial charge in [-0.05, 0) is 64.0 Å². The van der Waals surface area contributed by atoms with Crippen molar-refractivity contribution in [1.29, 1.82) is 0 Å². The first-order valence-corrected chi connectivity index (χ1v) is 11.1. The molecule has 2 bridgehead atoms. The van der Waals surface area contributed by atoms with Crippen molar-refractivity contribution in [1.82, 2.24) is 5.32 Å². The molecule has 158 valence electrons. The second-order valence-corrected chi connectivity index (χ2v) is 10.9. The van der Waals surface area contributed by atoms with Crippen molar-refractivity contribution in [2.24, 2.45) is 11.3 Å². The molecule has 0 radical (unpaired) electrons. The van der Waals surface area contributed by atoms with Crippen molar-refractivity contribution in [2.75, 3.05) is 0 Å². The molecule has 0 aromatic carbocycles. The maximum atomic E-state index is 12.3. The summed E-state index contributed by atoms with van der Waals surface area (Å²) in [5.41, 5.74) is 1.29.